The van der Waals surface area contributed by atoms with Crippen LogP contribution in [-0.4, -0.2) is 59.5 Å². The van der Waals surface area contributed by atoms with Crippen molar-refractivity contribution in [2.24, 2.45) is 0 Å². The number of rotatable bonds is 2. The van der Waals surface area contributed by atoms with Gasteiger partial charge in [-0.15, -0.1) is 0 Å². The number of thioether (sulfide) groups is 1. The molecule has 3 heterocycles. The van der Waals surface area contributed by atoms with Crippen LogP contribution in [0.5, 0.6) is 0 Å². The summed E-state index contributed by atoms with van der Waals surface area (Å²) < 4.78 is 0. The summed E-state index contributed by atoms with van der Waals surface area (Å²) in [5.41, 5.74) is 1.94. The average molecular weight is 280 g/mol. The summed E-state index contributed by atoms with van der Waals surface area (Å²) in [6, 6.07) is 0.439. The molecule has 104 valence electrons. The van der Waals surface area contributed by atoms with Gasteiger partial charge in [0.05, 0.1) is 5.69 Å². The lowest BCUT2D eigenvalue weighted by Crippen LogP contribution is -2.51. The van der Waals surface area contributed by atoms with E-state index in [1.54, 1.807) is 11.8 Å². The van der Waals surface area contributed by atoms with E-state index in [0.29, 0.717) is 6.04 Å². The minimum Gasteiger partial charge on any atom is -0.310 e. The summed E-state index contributed by atoms with van der Waals surface area (Å²) in [5, 5.41) is 0. The summed E-state index contributed by atoms with van der Waals surface area (Å²) in [5.74, 6) is 2.54. The first kappa shape index (κ1) is 13.1. The Kier molecular flexibility index (Phi) is 3.64. The number of likely N-dealkylation sites (N-methyl/N-ethyl adjacent to an activating group) is 2. The van der Waals surface area contributed by atoms with Gasteiger partial charge in [0.1, 0.15) is 5.82 Å². The van der Waals surface area contributed by atoms with Gasteiger partial charge in [-0.1, -0.05) is 0 Å². The van der Waals surface area contributed by atoms with E-state index in [1.807, 2.05) is 0 Å². The van der Waals surface area contributed by atoms with Gasteiger partial charge in [0.15, 0.2) is 0 Å². The number of aromatic amines is 1. The van der Waals surface area contributed by atoms with Gasteiger partial charge in [-0.2, -0.15) is 11.8 Å². The normalized spacial score (nSPS) is 24.6. The van der Waals surface area contributed by atoms with Crippen molar-refractivity contribution in [3.05, 3.63) is 27.4 Å². The van der Waals surface area contributed by atoms with E-state index in [1.165, 1.54) is 0 Å². The topological polar surface area (TPSA) is 52.2 Å². The monoisotopic (exact) mass is 280 g/mol. The standard InChI is InChI=1S/C13H20N4OS/c1-16-3-4-17(2)9(6-16)5-12-14-11-8-19-7-10(11)13(18)15-12/h9H,3-8H2,1-2H3,(H,14,15,18). The molecule has 2 aliphatic heterocycles. The molecule has 6 heteroatoms. The van der Waals surface area contributed by atoms with E-state index in [9.17, 15) is 4.79 Å². The number of fused-ring (bicyclic) bond motifs is 1. The molecule has 1 N–H and O–H groups in total. The maximum atomic E-state index is 12.0. The molecule has 1 unspecified atom stereocenters. The third-order valence-corrected chi connectivity index (χ3v) is 5.01. The van der Waals surface area contributed by atoms with E-state index >= 15 is 0 Å². The van der Waals surface area contributed by atoms with Gasteiger partial charge >= 0.3 is 0 Å². The molecule has 5 nitrogen and oxygen atoms in total. The second-order valence-electron chi connectivity index (χ2n) is 5.53. The number of hydrogen-bond donors (Lipinski definition) is 1. The molecule has 1 aromatic rings. The third kappa shape index (κ3) is 2.70. The number of nitrogens with one attached hydrogen (secondary N) is 1. The number of H-pyrrole nitrogens is 1. The van der Waals surface area contributed by atoms with Crippen molar-refractivity contribution < 1.29 is 0 Å². The molecule has 19 heavy (non-hydrogen) atoms. The highest BCUT2D eigenvalue weighted by Gasteiger charge is 2.24. The van der Waals surface area contributed by atoms with Crippen LogP contribution in [0.25, 0.3) is 0 Å². The van der Waals surface area contributed by atoms with Gasteiger partial charge in [0.25, 0.3) is 5.56 Å². The van der Waals surface area contributed by atoms with E-state index in [-0.39, 0.29) is 5.56 Å². The van der Waals surface area contributed by atoms with Crippen LogP contribution in [0, 0.1) is 0 Å². The fraction of sp³-hybridized carbons (Fsp3) is 0.692. The van der Waals surface area contributed by atoms with Gasteiger partial charge in [-0.25, -0.2) is 4.98 Å². The molecule has 0 saturated carbocycles. The quantitative estimate of drug-likeness (QED) is 0.845. The first-order valence-corrected chi connectivity index (χ1v) is 7.86. The highest BCUT2D eigenvalue weighted by Crippen LogP contribution is 2.25. The zero-order chi connectivity index (χ0) is 13.4. The van der Waals surface area contributed by atoms with Crippen LogP contribution in [-0.2, 0) is 17.9 Å². The lowest BCUT2D eigenvalue weighted by Gasteiger charge is -2.37. The molecule has 2 aliphatic rings. The van der Waals surface area contributed by atoms with Crippen molar-refractivity contribution in [2.45, 2.75) is 24.0 Å². The van der Waals surface area contributed by atoms with Crippen LogP contribution < -0.4 is 5.56 Å². The average Bonchev–Trinajstić information content (AvgIpc) is 2.82. The Hall–Kier alpha value is -0.850. The molecule has 1 aromatic heterocycles. The summed E-state index contributed by atoms with van der Waals surface area (Å²) in [7, 11) is 4.30. The zero-order valence-corrected chi connectivity index (χ0v) is 12.3. The van der Waals surface area contributed by atoms with E-state index < -0.39 is 0 Å². The van der Waals surface area contributed by atoms with Crippen molar-refractivity contribution in [1.29, 1.82) is 0 Å². The minimum absolute atomic E-state index is 0.0665. The van der Waals surface area contributed by atoms with Gasteiger partial charge in [0, 0.05) is 49.2 Å². The Bertz CT molecular complexity index is 530. The Labute approximate surface area is 117 Å². The second kappa shape index (κ2) is 5.26. The molecule has 0 radical (unpaired) electrons. The molecule has 0 bridgehead atoms. The molecular weight excluding hydrogens is 260 g/mol. The predicted molar refractivity (Wildman–Crippen MR) is 77.5 cm³/mol. The Morgan fingerprint density at radius 2 is 2.21 bits per heavy atom. The molecule has 0 spiro atoms. The van der Waals surface area contributed by atoms with Crippen LogP contribution in [0.4, 0.5) is 0 Å². The van der Waals surface area contributed by atoms with Crippen LogP contribution in [0.3, 0.4) is 0 Å². The highest BCUT2D eigenvalue weighted by molar-refractivity contribution is 7.98. The van der Waals surface area contributed by atoms with Crippen LogP contribution >= 0.6 is 11.8 Å². The Balaban J connectivity index is 1.80. The first-order valence-electron chi connectivity index (χ1n) is 6.71. The molecular formula is C13H20N4OS. The fourth-order valence-electron chi connectivity index (χ4n) is 2.76. The Morgan fingerprint density at radius 1 is 1.37 bits per heavy atom. The maximum absolute atomic E-state index is 12.0. The molecule has 0 aromatic carbocycles. The van der Waals surface area contributed by atoms with Crippen LogP contribution in [0.2, 0.25) is 0 Å². The SMILES string of the molecule is CN1CCN(C)C(Cc2nc3c(c(=O)[nH]2)CSC3)C1. The first-order chi connectivity index (χ1) is 9.13. The molecule has 1 atom stereocenters. The van der Waals surface area contributed by atoms with Crippen molar-refractivity contribution in [3.63, 3.8) is 0 Å². The van der Waals surface area contributed by atoms with Gasteiger partial charge < -0.3 is 14.8 Å². The molecule has 1 fully saturated rings. The molecule has 1 saturated heterocycles. The zero-order valence-electron chi connectivity index (χ0n) is 11.5. The third-order valence-electron chi connectivity index (χ3n) is 4.04. The highest BCUT2D eigenvalue weighted by atomic mass is 32.2. The summed E-state index contributed by atoms with van der Waals surface area (Å²) in [4.78, 5) is 24.3. The van der Waals surface area contributed by atoms with Crippen molar-refractivity contribution in [2.75, 3.05) is 33.7 Å². The van der Waals surface area contributed by atoms with Crippen molar-refractivity contribution in [3.8, 4) is 0 Å². The number of aromatic nitrogens is 2. The summed E-state index contributed by atoms with van der Waals surface area (Å²) >= 11 is 1.77. The summed E-state index contributed by atoms with van der Waals surface area (Å²) in [6.45, 7) is 3.22. The second-order valence-corrected chi connectivity index (χ2v) is 6.52. The lowest BCUT2D eigenvalue weighted by molar-refractivity contribution is 0.113. The number of nitrogens with zero attached hydrogens (tertiary/aromatic N) is 3. The van der Waals surface area contributed by atoms with Gasteiger partial charge in [0.2, 0.25) is 0 Å². The van der Waals surface area contributed by atoms with E-state index in [0.717, 1.165) is 54.6 Å². The maximum Gasteiger partial charge on any atom is 0.255 e. The minimum atomic E-state index is 0.0665. The van der Waals surface area contributed by atoms with E-state index in [4.69, 9.17) is 0 Å². The van der Waals surface area contributed by atoms with Crippen molar-refractivity contribution in [1.82, 2.24) is 19.8 Å². The Morgan fingerprint density at radius 3 is 3.05 bits per heavy atom. The van der Waals surface area contributed by atoms with Gasteiger partial charge in [-0.05, 0) is 14.1 Å². The van der Waals surface area contributed by atoms with Gasteiger partial charge in [-0.3, -0.25) is 4.79 Å². The van der Waals surface area contributed by atoms with Crippen molar-refractivity contribution >= 4 is 11.8 Å². The predicted octanol–water partition coefficient (Wildman–Crippen LogP) is 0.305. The molecule has 0 amide bonds. The van der Waals surface area contributed by atoms with Crippen LogP contribution in [0.1, 0.15) is 17.1 Å². The number of hydrogen-bond acceptors (Lipinski definition) is 5. The largest absolute Gasteiger partial charge is 0.310 e. The summed E-state index contributed by atoms with van der Waals surface area (Å²) in [6.07, 6.45) is 0.827. The van der Waals surface area contributed by atoms with E-state index in [2.05, 4.69) is 33.9 Å². The lowest BCUT2D eigenvalue weighted by atomic mass is 10.1. The molecule has 3 rings (SSSR count). The smallest absolute Gasteiger partial charge is 0.255 e. The number of piperazine rings is 1. The van der Waals surface area contributed by atoms with Crippen LogP contribution in [0.15, 0.2) is 4.79 Å². The molecule has 0 aliphatic carbocycles. The fourth-order valence-corrected chi connectivity index (χ4v) is 3.79.